The van der Waals surface area contributed by atoms with Crippen LogP contribution in [0.3, 0.4) is 0 Å². The Morgan fingerprint density at radius 2 is 1.80 bits per heavy atom. The number of carbonyl (C=O) groups excluding carboxylic acids is 4. The predicted octanol–water partition coefficient (Wildman–Crippen LogP) is 3.60. The third-order valence-electron chi connectivity index (χ3n) is 8.61. The molecule has 2 aromatic heterocycles. The largest absolute Gasteiger partial charge is 0.385 e. The van der Waals surface area contributed by atoms with Gasteiger partial charge in [0, 0.05) is 42.5 Å². The quantitative estimate of drug-likeness (QED) is 0.440. The molecule has 1 unspecified atom stereocenters. The van der Waals surface area contributed by atoms with Gasteiger partial charge in [0.05, 0.1) is 28.6 Å². The van der Waals surface area contributed by atoms with Crippen molar-refractivity contribution < 1.29 is 19.2 Å². The molecular weight excluding hydrogens is 508 g/mol. The lowest BCUT2D eigenvalue weighted by Gasteiger charge is -2.35. The molecular formula is C30H30N6O4. The molecule has 0 radical (unpaired) electrons. The maximum atomic E-state index is 13.1. The first-order valence-corrected chi connectivity index (χ1v) is 14.0. The molecule has 2 saturated carbocycles. The van der Waals surface area contributed by atoms with Gasteiger partial charge in [0.1, 0.15) is 6.04 Å². The molecule has 10 heteroatoms. The second-order valence-electron chi connectivity index (χ2n) is 11.4. The first-order valence-electron chi connectivity index (χ1n) is 14.0. The molecule has 1 aromatic carbocycles. The Kier molecular flexibility index (Phi) is 5.80. The summed E-state index contributed by atoms with van der Waals surface area (Å²) >= 11 is 0. The fraction of sp³-hybridized carbons (Fsp3) is 0.400. The average molecular weight is 539 g/mol. The molecule has 4 heterocycles. The fourth-order valence-corrected chi connectivity index (χ4v) is 6.13. The Labute approximate surface area is 231 Å². The number of hydrogen-bond acceptors (Lipinski definition) is 7. The zero-order valence-electron chi connectivity index (χ0n) is 22.2. The molecule has 3 aromatic rings. The summed E-state index contributed by atoms with van der Waals surface area (Å²) in [6, 6.07) is 8.57. The summed E-state index contributed by atoms with van der Waals surface area (Å²) in [5.74, 6) is -0.979. The van der Waals surface area contributed by atoms with Crippen LogP contribution >= 0.6 is 0 Å². The summed E-state index contributed by atoms with van der Waals surface area (Å²) in [5, 5.41) is 10.7. The van der Waals surface area contributed by atoms with Crippen LogP contribution in [0.2, 0.25) is 0 Å². The zero-order valence-corrected chi connectivity index (χ0v) is 22.2. The third-order valence-corrected chi connectivity index (χ3v) is 8.61. The van der Waals surface area contributed by atoms with Crippen molar-refractivity contribution >= 4 is 29.3 Å². The molecule has 2 N–H and O–H groups in total. The zero-order chi connectivity index (χ0) is 27.5. The molecule has 2 aliphatic heterocycles. The van der Waals surface area contributed by atoms with Crippen molar-refractivity contribution in [3.8, 4) is 11.3 Å². The number of hydrogen-bond donors (Lipinski definition) is 2. The number of carbonyl (C=O) groups is 4. The molecule has 2 aliphatic carbocycles. The topological polar surface area (TPSA) is 126 Å². The van der Waals surface area contributed by atoms with E-state index in [-0.39, 0.29) is 29.9 Å². The molecule has 1 saturated heterocycles. The van der Waals surface area contributed by atoms with Gasteiger partial charge in [-0.3, -0.25) is 39.1 Å². The molecule has 10 nitrogen and oxygen atoms in total. The molecule has 4 amide bonds. The maximum Gasteiger partial charge on any atom is 0.262 e. The van der Waals surface area contributed by atoms with Gasteiger partial charge in [-0.25, -0.2) is 0 Å². The van der Waals surface area contributed by atoms with Crippen molar-refractivity contribution in [3.63, 3.8) is 0 Å². The second kappa shape index (κ2) is 9.39. The number of amides is 4. The van der Waals surface area contributed by atoms with E-state index in [4.69, 9.17) is 5.10 Å². The summed E-state index contributed by atoms with van der Waals surface area (Å²) in [6.45, 7) is 2.84. The van der Waals surface area contributed by atoms with Crippen molar-refractivity contribution in [2.45, 2.75) is 63.5 Å². The number of imide groups is 2. The van der Waals surface area contributed by atoms with Crippen molar-refractivity contribution in [1.82, 2.24) is 25.0 Å². The number of aryl methyl sites for hydroxylation is 1. The normalized spacial score (nSPS) is 24.1. The van der Waals surface area contributed by atoms with E-state index in [0.717, 1.165) is 46.8 Å². The lowest BCUT2D eigenvalue weighted by atomic mass is 9.80. The highest BCUT2D eigenvalue weighted by Crippen LogP contribution is 2.46. The monoisotopic (exact) mass is 538 g/mol. The summed E-state index contributed by atoms with van der Waals surface area (Å²) in [4.78, 5) is 55.4. The summed E-state index contributed by atoms with van der Waals surface area (Å²) in [6.07, 6.45) is 8.65. The second-order valence-corrected chi connectivity index (χ2v) is 11.4. The Morgan fingerprint density at radius 1 is 1.00 bits per heavy atom. The van der Waals surface area contributed by atoms with E-state index in [1.54, 1.807) is 18.2 Å². The van der Waals surface area contributed by atoms with Crippen molar-refractivity contribution in [2.24, 2.45) is 5.92 Å². The number of pyridine rings is 1. The number of nitrogens with zero attached hydrogens (tertiary/aromatic N) is 4. The lowest BCUT2D eigenvalue weighted by molar-refractivity contribution is -0.136. The van der Waals surface area contributed by atoms with E-state index in [1.807, 2.05) is 12.3 Å². The molecule has 7 rings (SSSR count). The van der Waals surface area contributed by atoms with Crippen LogP contribution in [0.15, 0.2) is 42.7 Å². The van der Waals surface area contributed by atoms with Gasteiger partial charge in [0.2, 0.25) is 11.8 Å². The molecule has 1 atom stereocenters. The number of fused-ring (bicyclic) bond motifs is 1. The van der Waals surface area contributed by atoms with Gasteiger partial charge >= 0.3 is 0 Å². The van der Waals surface area contributed by atoms with Crippen LogP contribution in [-0.4, -0.2) is 55.9 Å². The molecule has 3 fully saturated rings. The number of anilines is 1. The summed E-state index contributed by atoms with van der Waals surface area (Å²) in [7, 11) is 0. The van der Waals surface area contributed by atoms with Crippen LogP contribution in [0.5, 0.6) is 0 Å². The maximum absolute atomic E-state index is 13.1. The Bertz CT molecular complexity index is 1570. The van der Waals surface area contributed by atoms with Gasteiger partial charge in [0.25, 0.3) is 11.8 Å². The minimum absolute atomic E-state index is 0.101. The number of nitrogens with one attached hydrogen (secondary N) is 2. The average Bonchev–Trinajstić information content (AvgIpc) is 3.63. The molecule has 204 valence electrons. The number of rotatable bonds is 7. The van der Waals surface area contributed by atoms with Crippen LogP contribution < -0.4 is 10.6 Å². The van der Waals surface area contributed by atoms with Gasteiger partial charge in [-0.05, 0) is 74.8 Å². The van der Waals surface area contributed by atoms with E-state index < -0.39 is 23.8 Å². The lowest BCUT2D eigenvalue weighted by Crippen LogP contribution is -2.54. The standard InChI is InChI=1S/C30H30N6O4/c1-16-3-2-10-31-26(16)23-15-35(34-27(23)18-4-5-18)20-11-17(12-20)14-32-19-6-7-21-22(13-19)30(40)36(29(21)39)24-8-9-25(37)33-28(24)38/h2-3,6-7,10,13,15,17-18,20,24,32H,4-5,8-9,11-12,14H2,1H3,(H,33,37,38)/t17-,20-,24?. The van der Waals surface area contributed by atoms with E-state index in [9.17, 15) is 19.2 Å². The first-order chi connectivity index (χ1) is 19.4. The summed E-state index contributed by atoms with van der Waals surface area (Å²) in [5.41, 5.74) is 5.85. The van der Waals surface area contributed by atoms with Gasteiger partial charge < -0.3 is 5.32 Å². The van der Waals surface area contributed by atoms with E-state index in [1.165, 1.54) is 18.5 Å². The van der Waals surface area contributed by atoms with Crippen LogP contribution in [-0.2, 0) is 9.59 Å². The van der Waals surface area contributed by atoms with Crippen molar-refractivity contribution in [2.75, 3.05) is 11.9 Å². The minimum atomic E-state index is -0.960. The van der Waals surface area contributed by atoms with Crippen molar-refractivity contribution in [1.29, 1.82) is 0 Å². The minimum Gasteiger partial charge on any atom is -0.385 e. The Hall–Kier alpha value is -4.34. The van der Waals surface area contributed by atoms with Gasteiger partial charge in [-0.1, -0.05) is 6.07 Å². The van der Waals surface area contributed by atoms with Crippen LogP contribution in [0.4, 0.5) is 5.69 Å². The number of benzene rings is 1. The van der Waals surface area contributed by atoms with E-state index in [0.29, 0.717) is 17.9 Å². The van der Waals surface area contributed by atoms with Crippen LogP contribution in [0.25, 0.3) is 11.3 Å². The molecule has 0 spiro atoms. The van der Waals surface area contributed by atoms with Crippen molar-refractivity contribution in [3.05, 3.63) is 65.1 Å². The Balaban J connectivity index is 0.993. The highest BCUT2D eigenvalue weighted by Gasteiger charge is 2.44. The molecule has 4 aliphatic rings. The van der Waals surface area contributed by atoms with Gasteiger partial charge in [-0.2, -0.15) is 5.10 Å². The van der Waals surface area contributed by atoms with E-state index in [2.05, 4.69) is 39.5 Å². The van der Waals surface area contributed by atoms with Crippen LogP contribution in [0, 0.1) is 12.8 Å². The first kappa shape index (κ1) is 24.7. The van der Waals surface area contributed by atoms with Crippen LogP contribution in [0.1, 0.15) is 82.5 Å². The number of piperidine rings is 1. The Morgan fingerprint density at radius 3 is 2.55 bits per heavy atom. The number of aromatic nitrogens is 3. The SMILES string of the molecule is Cc1cccnc1-c1cn([C@H]2C[C@H](CNc3ccc4c(c3)C(=O)N(C3CCC(=O)NC3=O)C4=O)C2)nc1C1CC1. The van der Waals surface area contributed by atoms with Gasteiger partial charge in [-0.15, -0.1) is 0 Å². The summed E-state index contributed by atoms with van der Waals surface area (Å²) < 4.78 is 2.14. The van der Waals surface area contributed by atoms with Gasteiger partial charge in [0.15, 0.2) is 0 Å². The highest BCUT2D eigenvalue weighted by molar-refractivity contribution is 6.23. The molecule has 0 bridgehead atoms. The highest BCUT2D eigenvalue weighted by atomic mass is 16.2. The third kappa shape index (κ3) is 4.18. The predicted molar refractivity (Wildman–Crippen MR) is 146 cm³/mol. The van der Waals surface area contributed by atoms with E-state index >= 15 is 0 Å². The fourth-order valence-electron chi connectivity index (χ4n) is 6.13. The smallest absolute Gasteiger partial charge is 0.262 e. The molecule has 40 heavy (non-hydrogen) atoms.